The Kier molecular flexibility index (Phi) is 1.85. The number of hydrogen-bond acceptors (Lipinski definition) is 4. The largest absolute Gasteiger partial charge is 0.353 e. The summed E-state index contributed by atoms with van der Waals surface area (Å²) in [6.07, 6.45) is 3.34. The summed E-state index contributed by atoms with van der Waals surface area (Å²) in [5.41, 5.74) is 0. The van der Waals surface area contributed by atoms with E-state index in [1.54, 1.807) is 12.4 Å². The molecule has 0 spiro atoms. The van der Waals surface area contributed by atoms with Gasteiger partial charge in [0.2, 0.25) is 0 Å². The lowest BCUT2D eigenvalue weighted by Crippen LogP contribution is -2.51. The van der Waals surface area contributed by atoms with Crippen LogP contribution in [0.2, 0.25) is 5.15 Å². The minimum absolute atomic E-state index is 0.467. The highest BCUT2D eigenvalue weighted by Gasteiger charge is 2.39. The second kappa shape index (κ2) is 3.07. The van der Waals surface area contributed by atoms with Gasteiger partial charge in [-0.3, -0.25) is 4.98 Å². The lowest BCUT2D eigenvalue weighted by Gasteiger charge is -2.29. The van der Waals surface area contributed by atoms with Gasteiger partial charge < -0.3 is 10.2 Å². The molecule has 4 nitrogen and oxygen atoms in total. The second-order valence-corrected chi connectivity index (χ2v) is 4.27. The predicted octanol–water partition coefficient (Wildman–Crippen LogP) is 0.538. The molecular weight excluding hydrogens is 200 g/mol. The molecule has 0 aromatic carbocycles. The zero-order valence-electron chi connectivity index (χ0n) is 7.65. The first-order valence-electron chi connectivity index (χ1n) is 4.79. The summed E-state index contributed by atoms with van der Waals surface area (Å²) in [5, 5.41) is 3.87. The first-order chi connectivity index (χ1) is 6.83. The zero-order chi connectivity index (χ0) is 9.54. The second-order valence-electron chi connectivity index (χ2n) is 3.88. The zero-order valence-corrected chi connectivity index (χ0v) is 8.41. The highest BCUT2D eigenvalue weighted by atomic mass is 35.5. The molecule has 0 amide bonds. The van der Waals surface area contributed by atoms with Gasteiger partial charge in [-0.25, -0.2) is 4.98 Å². The van der Waals surface area contributed by atoms with Gasteiger partial charge in [-0.2, -0.15) is 0 Å². The Balaban J connectivity index is 1.82. The molecule has 74 valence electrons. The van der Waals surface area contributed by atoms with Crippen LogP contribution in [0.5, 0.6) is 0 Å². The van der Waals surface area contributed by atoms with Crippen molar-refractivity contribution < 1.29 is 0 Å². The first kappa shape index (κ1) is 8.44. The summed E-state index contributed by atoms with van der Waals surface area (Å²) >= 11 is 5.80. The van der Waals surface area contributed by atoms with Gasteiger partial charge in [-0.05, 0) is 0 Å². The molecular formula is C9H11ClN4. The fraction of sp³-hybridized carbons (Fsp3) is 0.556. The van der Waals surface area contributed by atoms with E-state index in [0.717, 1.165) is 31.4 Å². The molecule has 0 radical (unpaired) electrons. The average molecular weight is 211 g/mol. The van der Waals surface area contributed by atoms with Crippen LogP contribution in [0.3, 0.4) is 0 Å². The van der Waals surface area contributed by atoms with Crippen LogP contribution < -0.4 is 10.2 Å². The number of hydrogen-bond donors (Lipinski definition) is 1. The van der Waals surface area contributed by atoms with Crippen LogP contribution in [-0.2, 0) is 0 Å². The number of anilines is 1. The third kappa shape index (κ3) is 1.26. The van der Waals surface area contributed by atoms with Crippen molar-refractivity contribution in [1.29, 1.82) is 0 Å². The van der Waals surface area contributed by atoms with E-state index in [1.165, 1.54) is 0 Å². The number of nitrogens with zero attached hydrogens (tertiary/aromatic N) is 3. The normalized spacial score (nSPS) is 29.9. The molecule has 0 saturated carbocycles. The Labute approximate surface area is 87.3 Å². The van der Waals surface area contributed by atoms with Crippen molar-refractivity contribution in [2.45, 2.75) is 6.04 Å². The van der Waals surface area contributed by atoms with Crippen LogP contribution in [0.4, 0.5) is 5.82 Å². The summed E-state index contributed by atoms with van der Waals surface area (Å²) in [7, 11) is 0. The Morgan fingerprint density at radius 3 is 2.93 bits per heavy atom. The Morgan fingerprint density at radius 1 is 1.43 bits per heavy atom. The summed E-state index contributed by atoms with van der Waals surface area (Å²) < 4.78 is 0. The molecule has 0 aliphatic carbocycles. The van der Waals surface area contributed by atoms with E-state index in [-0.39, 0.29) is 0 Å². The van der Waals surface area contributed by atoms with Gasteiger partial charge in [0.15, 0.2) is 0 Å². The number of fused-ring (bicyclic) bond motifs is 1. The van der Waals surface area contributed by atoms with E-state index in [1.807, 2.05) is 0 Å². The number of halogens is 1. The predicted molar refractivity (Wildman–Crippen MR) is 54.5 cm³/mol. The SMILES string of the molecule is Clc1cncc(N2C[C@@H]3CN[C@@H]3C2)n1. The van der Waals surface area contributed by atoms with E-state index in [0.29, 0.717) is 11.2 Å². The quantitative estimate of drug-likeness (QED) is 0.735. The molecule has 2 atom stereocenters. The molecule has 1 aromatic rings. The van der Waals surface area contributed by atoms with Crippen LogP contribution in [0.15, 0.2) is 12.4 Å². The topological polar surface area (TPSA) is 41.1 Å². The van der Waals surface area contributed by atoms with Crippen molar-refractivity contribution in [3.05, 3.63) is 17.5 Å². The smallest absolute Gasteiger partial charge is 0.149 e. The number of rotatable bonds is 1. The highest BCUT2D eigenvalue weighted by Crippen LogP contribution is 2.27. The number of nitrogens with one attached hydrogen (secondary N) is 1. The van der Waals surface area contributed by atoms with E-state index in [9.17, 15) is 0 Å². The molecule has 0 unspecified atom stereocenters. The van der Waals surface area contributed by atoms with E-state index in [4.69, 9.17) is 11.6 Å². The fourth-order valence-electron chi connectivity index (χ4n) is 2.12. The monoisotopic (exact) mass is 210 g/mol. The maximum absolute atomic E-state index is 5.80. The van der Waals surface area contributed by atoms with Gasteiger partial charge >= 0.3 is 0 Å². The lowest BCUT2D eigenvalue weighted by atomic mass is 9.96. The minimum Gasteiger partial charge on any atom is -0.353 e. The van der Waals surface area contributed by atoms with Crippen molar-refractivity contribution >= 4 is 17.4 Å². The third-order valence-electron chi connectivity index (χ3n) is 3.00. The number of aromatic nitrogens is 2. The summed E-state index contributed by atoms with van der Waals surface area (Å²) in [6, 6.07) is 0.649. The van der Waals surface area contributed by atoms with Crippen molar-refractivity contribution in [2.75, 3.05) is 24.5 Å². The summed E-state index contributed by atoms with van der Waals surface area (Å²) in [4.78, 5) is 10.5. The molecule has 3 heterocycles. The molecule has 3 rings (SSSR count). The van der Waals surface area contributed by atoms with E-state index >= 15 is 0 Å². The maximum atomic E-state index is 5.80. The van der Waals surface area contributed by atoms with Gasteiger partial charge in [0.25, 0.3) is 0 Å². The molecule has 2 aliphatic rings. The lowest BCUT2D eigenvalue weighted by molar-refractivity contribution is 0.297. The highest BCUT2D eigenvalue weighted by molar-refractivity contribution is 6.29. The molecule has 2 aliphatic heterocycles. The van der Waals surface area contributed by atoms with Crippen LogP contribution in [-0.4, -0.2) is 35.6 Å². The average Bonchev–Trinajstić information content (AvgIpc) is 2.43. The van der Waals surface area contributed by atoms with Crippen LogP contribution >= 0.6 is 11.6 Å². The maximum Gasteiger partial charge on any atom is 0.149 e. The fourth-order valence-corrected chi connectivity index (χ4v) is 2.27. The van der Waals surface area contributed by atoms with Crippen molar-refractivity contribution in [3.8, 4) is 0 Å². The molecule has 2 fully saturated rings. The summed E-state index contributed by atoms with van der Waals surface area (Å²) in [6.45, 7) is 3.24. The standard InChI is InChI=1S/C9H11ClN4/c10-8-2-11-3-9(13-8)14-4-6-1-12-7(6)5-14/h2-3,6-7,12H,1,4-5H2/t6-,7+/m0/s1. The Morgan fingerprint density at radius 2 is 2.36 bits per heavy atom. The molecule has 1 N–H and O–H groups in total. The molecule has 14 heavy (non-hydrogen) atoms. The van der Waals surface area contributed by atoms with Crippen LogP contribution in [0.25, 0.3) is 0 Å². The third-order valence-corrected chi connectivity index (χ3v) is 3.18. The summed E-state index contributed by atoms with van der Waals surface area (Å²) in [5.74, 6) is 1.68. The van der Waals surface area contributed by atoms with Crippen LogP contribution in [0, 0.1) is 5.92 Å². The van der Waals surface area contributed by atoms with Gasteiger partial charge in [0.1, 0.15) is 11.0 Å². The minimum atomic E-state index is 0.467. The molecule has 0 bridgehead atoms. The molecule has 5 heteroatoms. The van der Waals surface area contributed by atoms with E-state index < -0.39 is 0 Å². The van der Waals surface area contributed by atoms with Crippen molar-refractivity contribution in [2.24, 2.45) is 5.92 Å². The van der Waals surface area contributed by atoms with Gasteiger partial charge in [0, 0.05) is 31.6 Å². The van der Waals surface area contributed by atoms with Gasteiger partial charge in [-0.15, -0.1) is 0 Å². The Bertz CT molecular complexity index is 344. The van der Waals surface area contributed by atoms with Crippen molar-refractivity contribution in [1.82, 2.24) is 15.3 Å². The van der Waals surface area contributed by atoms with Crippen molar-refractivity contribution in [3.63, 3.8) is 0 Å². The Hall–Kier alpha value is -0.870. The van der Waals surface area contributed by atoms with Gasteiger partial charge in [0.05, 0.1) is 12.4 Å². The molecule has 2 saturated heterocycles. The van der Waals surface area contributed by atoms with Crippen LogP contribution in [0.1, 0.15) is 0 Å². The van der Waals surface area contributed by atoms with E-state index in [2.05, 4.69) is 20.2 Å². The van der Waals surface area contributed by atoms with Gasteiger partial charge in [-0.1, -0.05) is 11.6 Å². The first-order valence-corrected chi connectivity index (χ1v) is 5.16. The molecule has 1 aromatic heterocycles.